The molecule has 0 aromatic heterocycles. The van der Waals surface area contributed by atoms with Gasteiger partial charge in [-0.3, -0.25) is 9.59 Å². The van der Waals surface area contributed by atoms with Crippen molar-refractivity contribution in [2.45, 2.75) is 13.8 Å². The van der Waals surface area contributed by atoms with Gasteiger partial charge in [-0.2, -0.15) is 0 Å². The van der Waals surface area contributed by atoms with Crippen LogP contribution in [0, 0.1) is 13.8 Å². The summed E-state index contributed by atoms with van der Waals surface area (Å²) in [4.78, 5) is 21.9. The predicted molar refractivity (Wildman–Crippen MR) is 53.0 cm³/mol. The highest BCUT2D eigenvalue weighted by Crippen LogP contribution is 2.15. The van der Waals surface area contributed by atoms with Crippen LogP contribution < -0.4 is 11.5 Å². The largest absolute Gasteiger partial charge is 0.366 e. The second-order valence-corrected chi connectivity index (χ2v) is 3.21. The summed E-state index contributed by atoms with van der Waals surface area (Å²) in [6.07, 6.45) is 0. The molecule has 1 rings (SSSR count). The number of rotatable bonds is 2. The first kappa shape index (κ1) is 10.2. The zero-order valence-corrected chi connectivity index (χ0v) is 8.13. The third-order valence-electron chi connectivity index (χ3n) is 2.10. The minimum atomic E-state index is -0.498. The van der Waals surface area contributed by atoms with Crippen LogP contribution in [-0.2, 0) is 0 Å². The summed E-state index contributed by atoms with van der Waals surface area (Å²) < 4.78 is 0. The Balaban J connectivity index is 3.38. The zero-order valence-electron chi connectivity index (χ0n) is 8.13. The summed E-state index contributed by atoms with van der Waals surface area (Å²) in [7, 11) is 0. The third-order valence-corrected chi connectivity index (χ3v) is 2.10. The van der Waals surface area contributed by atoms with Crippen molar-refractivity contribution in [3.63, 3.8) is 0 Å². The predicted octanol–water partition coefficient (Wildman–Crippen LogP) is 0.501. The van der Waals surface area contributed by atoms with Gasteiger partial charge in [-0.25, -0.2) is 0 Å². The Morgan fingerprint density at radius 2 is 1.21 bits per heavy atom. The molecule has 0 aliphatic heterocycles. The van der Waals surface area contributed by atoms with E-state index in [1.807, 2.05) is 0 Å². The number of hydrogen-bond donors (Lipinski definition) is 2. The average molecular weight is 192 g/mol. The van der Waals surface area contributed by atoms with Gasteiger partial charge in [0.1, 0.15) is 0 Å². The molecule has 0 bridgehead atoms. The molecular weight excluding hydrogens is 180 g/mol. The van der Waals surface area contributed by atoms with Gasteiger partial charge in [0.25, 0.3) is 0 Å². The maximum absolute atomic E-state index is 11.0. The molecule has 0 radical (unpaired) electrons. The van der Waals surface area contributed by atoms with E-state index in [1.54, 1.807) is 26.0 Å². The lowest BCUT2D eigenvalue weighted by Gasteiger charge is -2.07. The average Bonchev–Trinajstić information content (AvgIpc) is 2.07. The highest BCUT2D eigenvalue weighted by atomic mass is 16.1. The van der Waals surface area contributed by atoms with Crippen molar-refractivity contribution >= 4 is 11.8 Å². The number of carbonyl (C=O) groups excluding carboxylic acids is 2. The van der Waals surface area contributed by atoms with Crippen molar-refractivity contribution < 1.29 is 9.59 Å². The summed E-state index contributed by atoms with van der Waals surface area (Å²) in [5.41, 5.74) is 12.5. The van der Waals surface area contributed by atoms with Crippen LogP contribution >= 0.6 is 0 Å². The molecule has 0 aliphatic rings. The molecule has 0 spiro atoms. The lowest BCUT2D eigenvalue weighted by molar-refractivity contribution is 0.0987. The monoisotopic (exact) mass is 192 g/mol. The van der Waals surface area contributed by atoms with Crippen LogP contribution in [-0.4, -0.2) is 11.8 Å². The maximum atomic E-state index is 11.0. The van der Waals surface area contributed by atoms with Gasteiger partial charge in [-0.15, -0.1) is 0 Å². The fraction of sp³-hybridized carbons (Fsp3) is 0.200. The Morgan fingerprint density at radius 3 is 1.43 bits per heavy atom. The van der Waals surface area contributed by atoms with Crippen molar-refractivity contribution in [3.8, 4) is 0 Å². The molecular formula is C10H12N2O2. The first-order valence-corrected chi connectivity index (χ1v) is 4.14. The molecule has 0 heterocycles. The molecule has 2 amide bonds. The molecule has 1 aromatic rings. The van der Waals surface area contributed by atoms with Crippen molar-refractivity contribution in [2.24, 2.45) is 11.5 Å². The quantitative estimate of drug-likeness (QED) is 0.714. The van der Waals surface area contributed by atoms with Crippen LogP contribution in [0.25, 0.3) is 0 Å². The molecule has 74 valence electrons. The maximum Gasteiger partial charge on any atom is 0.248 e. The normalized spacial score (nSPS) is 9.86. The van der Waals surface area contributed by atoms with Gasteiger partial charge in [0.2, 0.25) is 11.8 Å². The second-order valence-electron chi connectivity index (χ2n) is 3.21. The van der Waals surface area contributed by atoms with E-state index >= 15 is 0 Å². The van der Waals surface area contributed by atoms with Crippen molar-refractivity contribution in [1.82, 2.24) is 0 Å². The van der Waals surface area contributed by atoms with Crippen LogP contribution in [0.15, 0.2) is 12.1 Å². The first-order valence-electron chi connectivity index (χ1n) is 4.14. The second kappa shape index (κ2) is 3.49. The van der Waals surface area contributed by atoms with Crippen LogP contribution in [0.2, 0.25) is 0 Å². The fourth-order valence-corrected chi connectivity index (χ4v) is 1.35. The lowest BCUT2D eigenvalue weighted by Crippen LogP contribution is -2.17. The van der Waals surface area contributed by atoms with Crippen LogP contribution in [0.5, 0.6) is 0 Å². The third kappa shape index (κ3) is 1.74. The number of primary amides is 2. The SMILES string of the molecule is Cc1cc(C(N)=O)c(C)cc1C(N)=O. The van der Waals surface area contributed by atoms with Gasteiger partial charge < -0.3 is 11.5 Å². The highest BCUT2D eigenvalue weighted by Gasteiger charge is 2.11. The van der Waals surface area contributed by atoms with Crippen LogP contribution in [0.4, 0.5) is 0 Å². The molecule has 0 atom stereocenters. The smallest absolute Gasteiger partial charge is 0.248 e. The van der Waals surface area contributed by atoms with Gasteiger partial charge in [0.15, 0.2) is 0 Å². The Hall–Kier alpha value is -1.84. The summed E-state index contributed by atoms with van der Waals surface area (Å²) >= 11 is 0. The minimum absolute atomic E-state index is 0.424. The van der Waals surface area contributed by atoms with E-state index in [2.05, 4.69) is 0 Å². The van der Waals surface area contributed by atoms with Crippen molar-refractivity contribution in [2.75, 3.05) is 0 Å². The van der Waals surface area contributed by atoms with E-state index < -0.39 is 11.8 Å². The lowest BCUT2D eigenvalue weighted by atomic mass is 9.99. The molecule has 0 saturated carbocycles. The Morgan fingerprint density at radius 1 is 0.929 bits per heavy atom. The molecule has 0 fully saturated rings. The molecule has 0 saturated heterocycles. The summed E-state index contributed by atoms with van der Waals surface area (Å²) in [6, 6.07) is 3.16. The number of carbonyl (C=O) groups is 2. The van der Waals surface area contributed by atoms with Crippen molar-refractivity contribution in [1.29, 1.82) is 0 Å². The molecule has 1 aromatic carbocycles. The van der Waals surface area contributed by atoms with E-state index in [0.717, 1.165) is 0 Å². The Labute approximate surface area is 81.9 Å². The summed E-state index contributed by atoms with van der Waals surface area (Å²) in [5, 5.41) is 0. The van der Waals surface area contributed by atoms with Crippen LogP contribution in [0.1, 0.15) is 31.8 Å². The minimum Gasteiger partial charge on any atom is -0.366 e. The zero-order chi connectivity index (χ0) is 10.9. The molecule has 0 unspecified atom stereocenters. The summed E-state index contributed by atoms with van der Waals surface area (Å²) in [6.45, 7) is 3.43. The van der Waals surface area contributed by atoms with Gasteiger partial charge >= 0.3 is 0 Å². The number of amides is 2. The molecule has 4 N–H and O–H groups in total. The molecule has 0 aliphatic carbocycles. The van der Waals surface area contributed by atoms with Crippen LogP contribution in [0.3, 0.4) is 0 Å². The van der Waals surface area contributed by atoms with E-state index in [0.29, 0.717) is 22.3 Å². The molecule has 4 nitrogen and oxygen atoms in total. The number of benzene rings is 1. The van der Waals surface area contributed by atoms with E-state index in [9.17, 15) is 9.59 Å². The highest BCUT2D eigenvalue weighted by molar-refractivity contribution is 5.98. The summed E-state index contributed by atoms with van der Waals surface area (Å²) in [5.74, 6) is -0.997. The Kier molecular flexibility index (Phi) is 2.56. The van der Waals surface area contributed by atoms with Crippen molar-refractivity contribution in [3.05, 3.63) is 34.4 Å². The fourth-order valence-electron chi connectivity index (χ4n) is 1.35. The number of nitrogens with two attached hydrogens (primary N) is 2. The van der Waals surface area contributed by atoms with E-state index in [-0.39, 0.29) is 0 Å². The number of aryl methyl sites for hydroxylation is 2. The van der Waals surface area contributed by atoms with Gasteiger partial charge in [-0.1, -0.05) is 0 Å². The molecule has 4 heteroatoms. The number of hydrogen-bond acceptors (Lipinski definition) is 2. The van der Waals surface area contributed by atoms with Gasteiger partial charge in [0.05, 0.1) is 0 Å². The first-order chi connectivity index (χ1) is 6.43. The Bertz CT molecular complexity index is 371. The van der Waals surface area contributed by atoms with Gasteiger partial charge in [0, 0.05) is 11.1 Å². The van der Waals surface area contributed by atoms with E-state index in [1.165, 1.54) is 0 Å². The standard InChI is InChI=1S/C10H12N2O2/c1-5-3-8(10(12)14)6(2)4-7(5)9(11)13/h3-4H,1-2H3,(H2,11,13)(H2,12,14). The van der Waals surface area contributed by atoms with E-state index in [4.69, 9.17) is 11.5 Å². The topological polar surface area (TPSA) is 86.2 Å². The van der Waals surface area contributed by atoms with Gasteiger partial charge in [-0.05, 0) is 37.1 Å². The molecule has 14 heavy (non-hydrogen) atoms.